The summed E-state index contributed by atoms with van der Waals surface area (Å²) in [5, 5.41) is 3.10. The summed E-state index contributed by atoms with van der Waals surface area (Å²) in [5.74, 6) is -2.26. The lowest BCUT2D eigenvalue weighted by atomic mass is 9.85. The molecule has 1 aliphatic heterocycles. The number of carbonyl (C=O) groups is 4. The minimum absolute atomic E-state index is 0.0291. The maximum Gasteiger partial charge on any atom is 0.308 e. The molecule has 1 aromatic rings. The predicted molar refractivity (Wildman–Crippen MR) is 102 cm³/mol. The van der Waals surface area contributed by atoms with Gasteiger partial charge in [-0.1, -0.05) is 29.8 Å². The Hall–Kier alpha value is -2.67. The van der Waals surface area contributed by atoms with Crippen LogP contribution in [0.3, 0.4) is 0 Å². The van der Waals surface area contributed by atoms with Crippen LogP contribution in [0, 0.1) is 18.8 Å². The summed E-state index contributed by atoms with van der Waals surface area (Å²) >= 11 is 6.00. The third-order valence-corrected chi connectivity index (χ3v) is 5.37. The topological polar surface area (TPSA) is 92.8 Å². The summed E-state index contributed by atoms with van der Waals surface area (Å²) in [6.45, 7) is 1.36. The normalized spacial score (nSPS) is 20.9. The molecule has 0 bridgehead atoms. The first-order valence-corrected chi connectivity index (χ1v) is 9.46. The molecule has 28 heavy (non-hydrogen) atoms. The molecule has 0 unspecified atom stereocenters. The Kier molecular flexibility index (Phi) is 6.14. The Morgan fingerprint density at radius 2 is 1.82 bits per heavy atom. The summed E-state index contributed by atoms with van der Waals surface area (Å²) in [5.41, 5.74) is 1.38. The first kappa shape index (κ1) is 20.1. The van der Waals surface area contributed by atoms with Crippen molar-refractivity contribution < 1.29 is 23.9 Å². The molecular formula is C20H21ClN2O5. The van der Waals surface area contributed by atoms with Crippen LogP contribution < -0.4 is 5.32 Å². The molecule has 0 aromatic heterocycles. The lowest BCUT2D eigenvalue weighted by Gasteiger charge is -2.14. The molecule has 1 fully saturated rings. The number of fused-ring (bicyclic) bond motifs is 1. The molecule has 1 heterocycles. The molecule has 1 N–H and O–H groups in total. The first-order valence-electron chi connectivity index (χ1n) is 9.08. The van der Waals surface area contributed by atoms with Crippen LogP contribution in [0.15, 0.2) is 30.4 Å². The predicted octanol–water partition coefficient (Wildman–Crippen LogP) is 2.47. The molecule has 1 aromatic carbocycles. The van der Waals surface area contributed by atoms with Gasteiger partial charge in [0.1, 0.15) is 0 Å². The second-order valence-electron chi connectivity index (χ2n) is 6.91. The Morgan fingerprint density at radius 1 is 1.18 bits per heavy atom. The molecule has 148 valence electrons. The van der Waals surface area contributed by atoms with Gasteiger partial charge in [-0.25, -0.2) is 0 Å². The number of allylic oxidation sites excluding steroid dienone is 2. The molecule has 2 atom stereocenters. The molecule has 0 saturated carbocycles. The van der Waals surface area contributed by atoms with Gasteiger partial charge in [-0.3, -0.25) is 24.1 Å². The molecule has 1 aliphatic carbocycles. The number of esters is 1. The van der Waals surface area contributed by atoms with E-state index < -0.39 is 18.5 Å². The number of nitrogens with one attached hydrogen (secondary N) is 1. The Morgan fingerprint density at radius 3 is 2.43 bits per heavy atom. The van der Waals surface area contributed by atoms with Crippen molar-refractivity contribution in [2.45, 2.75) is 26.2 Å². The van der Waals surface area contributed by atoms with Crippen molar-refractivity contribution in [3.63, 3.8) is 0 Å². The van der Waals surface area contributed by atoms with E-state index in [1.54, 1.807) is 18.2 Å². The zero-order chi connectivity index (χ0) is 20.3. The smallest absolute Gasteiger partial charge is 0.308 e. The summed E-state index contributed by atoms with van der Waals surface area (Å²) in [7, 11) is 0. The van der Waals surface area contributed by atoms with Gasteiger partial charge in [0.05, 0.1) is 18.3 Å². The number of benzene rings is 1. The highest BCUT2D eigenvalue weighted by molar-refractivity contribution is 6.31. The third kappa shape index (κ3) is 4.42. The van der Waals surface area contributed by atoms with Crippen LogP contribution in [-0.2, 0) is 23.9 Å². The number of amides is 3. The Bertz CT molecular complexity index is 825. The second-order valence-corrected chi connectivity index (χ2v) is 7.31. The number of imide groups is 1. The van der Waals surface area contributed by atoms with Crippen LogP contribution in [0.1, 0.15) is 24.8 Å². The van der Waals surface area contributed by atoms with E-state index >= 15 is 0 Å². The van der Waals surface area contributed by atoms with Crippen LogP contribution in [0.4, 0.5) is 5.69 Å². The van der Waals surface area contributed by atoms with Gasteiger partial charge in [0.2, 0.25) is 11.8 Å². The molecule has 3 rings (SSSR count). The van der Waals surface area contributed by atoms with Crippen molar-refractivity contribution in [2.75, 3.05) is 18.5 Å². The van der Waals surface area contributed by atoms with E-state index in [1.807, 2.05) is 19.1 Å². The van der Waals surface area contributed by atoms with Crippen LogP contribution in [0.2, 0.25) is 5.02 Å². The van der Waals surface area contributed by atoms with E-state index in [4.69, 9.17) is 16.3 Å². The van der Waals surface area contributed by atoms with Crippen LogP contribution in [0.25, 0.3) is 0 Å². The fourth-order valence-electron chi connectivity index (χ4n) is 3.38. The van der Waals surface area contributed by atoms with Crippen LogP contribution in [-0.4, -0.2) is 41.7 Å². The number of hydrogen-bond acceptors (Lipinski definition) is 5. The van der Waals surface area contributed by atoms with Gasteiger partial charge < -0.3 is 10.1 Å². The number of carbonyl (C=O) groups excluding carboxylic acids is 4. The quantitative estimate of drug-likeness (QED) is 0.446. The number of hydrogen-bond donors (Lipinski definition) is 1. The zero-order valence-corrected chi connectivity index (χ0v) is 16.2. The number of aryl methyl sites for hydroxylation is 1. The maximum atomic E-state index is 12.3. The van der Waals surface area contributed by atoms with Crippen LogP contribution >= 0.6 is 11.6 Å². The van der Waals surface area contributed by atoms with Crippen molar-refractivity contribution >= 4 is 41.0 Å². The fourth-order valence-corrected chi connectivity index (χ4v) is 3.56. The van der Waals surface area contributed by atoms with Crippen molar-refractivity contribution in [3.05, 3.63) is 40.9 Å². The van der Waals surface area contributed by atoms with Gasteiger partial charge >= 0.3 is 5.97 Å². The fraction of sp³-hybridized carbons (Fsp3) is 0.400. The van der Waals surface area contributed by atoms with Crippen molar-refractivity contribution in [3.8, 4) is 0 Å². The van der Waals surface area contributed by atoms with Gasteiger partial charge in [0.15, 0.2) is 6.61 Å². The Labute approximate surface area is 167 Å². The molecular weight excluding hydrogens is 384 g/mol. The second kappa shape index (κ2) is 8.56. The van der Waals surface area contributed by atoms with Gasteiger partial charge in [0, 0.05) is 17.3 Å². The minimum Gasteiger partial charge on any atom is -0.456 e. The van der Waals surface area contributed by atoms with E-state index in [0.717, 1.165) is 10.5 Å². The highest BCUT2D eigenvalue weighted by Gasteiger charge is 2.46. The average Bonchev–Trinajstić information content (AvgIpc) is 2.92. The molecule has 3 amide bonds. The SMILES string of the molecule is Cc1ccc(NC(=O)COC(=O)CCN2C(=O)[C@H]3CC=CC[C@H]3C2=O)cc1Cl. The molecule has 0 radical (unpaired) electrons. The third-order valence-electron chi connectivity index (χ3n) is 4.96. The summed E-state index contributed by atoms with van der Waals surface area (Å²) in [6.07, 6.45) is 4.78. The van der Waals surface area contributed by atoms with Gasteiger partial charge in [-0.15, -0.1) is 0 Å². The standard InChI is InChI=1S/C20H21ClN2O5/c1-12-6-7-13(10-16(12)21)22-17(24)11-28-18(25)8-9-23-19(26)14-4-2-3-5-15(14)20(23)27/h2-3,6-7,10,14-15H,4-5,8-9,11H2,1H3,(H,22,24)/t14-,15+. The number of ether oxygens (including phenoxy) is 1. The van der Waals surface area contributed by atoms with Gasteiger partial charge in [-0.2, -0.15) is 0 Å². The number of halogens is 1. The van der Waals surface area contributed by atoms with E-state index in [1.165, 1.54) is 0 Å². The largest absolute Gasteiger partial charge is 0.456 e. The number of nitrogens with zero attached hydrogens (tertiary/aromatic N) is 1. The van der Waals surface area contributed by atoms with Gasteiger partial charge in [0.25, 0.3) is 5.91 Å². The zero-order valence-electron chi connectivity index (χ0n) is 15.4. The lowest BCUT2D eigenvalue weighted by molar-refractivity contribution is -0.148. The average molecular weight is 405 g/mol. The molecule has 8 heteroatoms. The van der Waals surface area contributed by atoms with E-state index in [9.17, 15) is 19.2 Å². The molecule has 2 aliphatic rings. The highest BCUT2D eigenvalue weighted by atomic mass is 35.5. The number of rotatable bonds is 6. The van der Waals surface area contributed by atoms with E-state index in [-0.39, 0.29) is 36.6 Å². The molecule has 0 spiro atoms. The van der Waals surface area contributed by atoms with Crippen LogP contribution in [0.5, 0.6) is 0 Å². The van der Waals surface area contributed by atoms with Crippen molar-refractivity contribution in [1.82, 2.24) is 4.90 Å². The van der Waals surface area contributed by atoms with Crippen molar-refractivity contribution in [1.29, 1.82) is 0 Å². The Balaban J connectivity index is 1.43. The minimum atomic E-state index is -0.648. The van der Waals surface area contributed by atoms with Crippen molar-refractivity contribution in [2.24, 2.45) is 11.8 Å². The summed E-state index contributed by atoms with van der Waals surface area (Å²) in [6, 6.07) is 5.07. The van der Waals surface area contributed by atoms with E-state index in [0.29, 0.717) is 23.6 Å². The van der Waals surface area contributed by atoms with E-state index in [2.05, 4.69) is 5.32 Å². The first-order chi connectivity index (χ1) is 13.4. The maximum absolute atomic E-state index is 12.3. The summed E-state index contributed by atoms with van der Waals surface area (Å²) in [4.78, 5) is 49.6. The monoisotopic (exact) mass is 404 g/mol. The number of likely N-dealkylation sites (tertiary alicyclic amines) is 1. The molecule has 1 saturated heterocycles. The lowest BCUT2D eigenvalue weighted by Crippen LogP contribution is -2.33. The molecule has 7 nitrogen and oxygen atoms in total. The number of anilines is 1. The highest BCUT2D eigenvalue weighted by Crippen LogP contribution is 2.35. The van der Waals surface area contributed by atoms with Gasteiger partial charge in [-0.05, 0) is 37.5 Å². The summed E-state index contributed by atoms with van der Waals surface area (Å²) < 4.78 is 4.93.